The van der Waals surface area contributed by atoms with E-state index in [9.17, 15) is 0 Å². The molecule has 0 aliphatic carbocycles. The van der Waals surface area contributed by atoms with Gasteiger partial charge >= 0.3 is 7.12 Å². The van der Waals surface area contributed by atoms with Crippen LogP contribution in [0.2, 0.25) is 5.15 Å². The molecule has 6 heteroatoms. The minimum atomic E-state index is -0.431. The largest absolute Gasteiger partial charge is 0.491 e. The van der Waals surface area contributed by atoms with E-state index in [-0.39, 0.29) is 11.2 Å². The van der Waals surface area contributed by atoms with Gasteiger partial charge < -0.3 is 15.0 Å². The van der Waals surface area contributed by atoms with Gasteiger partial charge in [0.25, 0.3) is 0 Å². The summed E-state index contributed by atoms with van der Waals surface area (Å²) in [6, 6.07) is 9.74. The third-order valence-corrected chi connectivity index (χ3v) is 5.03. The van der Waals surface area contributed by atoms with Crippen molar-refractivity contribution >= 4 is 35.7 Å². The van der Waals surface area contributed by atoms with E-state index in [1.165, 1.54) is 0 Å². The Bertz CT molecular complexity index is 789. The van der Waals surface area contributed by atoms with Crippen LogP contribution in [0.1, 0.15) is 33.3 Å². The quantitative estimate of drug-likeness (QED) is 0.678. The molecule has 24 heavy (non-hydrogen) atoms. The van der Waals surface area contributed by atoms with Crippen molar-refractivity contribution in [3.05, 3.63) is 46.5 Å². The van der Waals surface area contributed by atoms with Crippen LogP contribution in [0.4, 0.5) is 0 Å². The van der Waals surface area contributed by atoms with Crippen molar-refractivity contribution in [2.75, 3.05) is 6.54 Å². The standard InChI is InChI=1S/C18H22BClN2O2/c1-17(2)18(3,4)24-19(23-17)14(11-21)10-12-5-7-15-13(9-12)6-8-16(20)22-15/h5-10H,11,21H2,1-4H3. The maximum atomic E-state index is 6.09. The molecular weight excluding hydrogens is 322 g/mol. The van der Waals surface area contributed by atoms with Gasteiger partial charge in [-0.2, -0.15) is 0 Å². The van der Waals surface area contributed by atoms with Crippen LogP contribution in [0.5, 0.6) is 0 Å². The minimum Gasteiger partial charge on any atom is -0.400 e. The zero-order valence-corrected chi connectivity index (χ0v) is 15.2. The van der Waals surface area contributed by atoms with E-state index in [1.54, 1.807) is 6.07 Å². The third-order valence-electron chi connectivity index (χ3n) is 4.82. The zero-order valence-electron chi connectivity index (χ0n) is 14.5. The summed E-state index contributed by atoms with van der Waals surface area (Å²) in [7, 11) is -0.431. The van der Waals surface area contributed by atoms with Crippen molar-refractivity contribution in [3.63, 3.8) is 0 Å². The van der Waals surface area contributed by atoms with Crippen LogP contribution < -0.4 is 5.73 Å². The summed E-state index contributed by atoms with van der Waals surface area (Å²) in [4.78, 5) is 4.30. The first-order valence-electron chi connectivity index (χ1n) is 8.04. The number of aromatic nitrogens is 1. The summed E-state index contributed by atoms with van der Waals surface area (Å²) in [6.07, 6.45) is 2.02. The van der Waals surface area contributed by atoms with Gasteiger partial charge in [-0.25, -0.2) is 4.98 Å². The molecule has 126 valence electrons. The highest BCUT2D eigenvalue weighted by molar-refractivity contribution is 6.55. The number of benzene rings is 1. The van der Waals surface area contributed by atoms with Gasteiger partial charge in [-0.15, -0.1) is 0 Å². The third kappa shape index (κ3) is 3.22. The van der Waals surface area contributed by atoms with Crippen LogP contribution in [-0.2, 0) is 9.31 Å². The van der Waals surface area contributed by atoms with E-state index in [2.05, 4.69) is 11.1 Å². The molecule has 0 radical (unpaired) electrons. The van der Waals surface area contributed by atoms with E-state index < -0.39 is 7.12 Å². The van der Waals surface area contributed by atoms with Crippen molar-refractivity contribution in [2.45, 2.75) is 38.9 Å². The van der Waals surface area contributed by atoms with Gasteiger partial charge in [0.05, 0.1) is 16.7 Å². The molecular formula is C18H22BClN2O2. The molecule has 1 aromatic heterocycles. The summed E-state index contributed by atoms with van der Waals surface area (Å²) in [5.74, 6) is 0. The Morgan fingerprint density at radius 3 is 2.46 bits per heavy atom. The SMILES string of the molecule is CC1(C)OB(C(=Cc2ccc3nc(Cl)ccc3c2)CN)OC1(C)C. The lowest BCUT2D eigenvalue weighted by Gasteiger charge is -2.32. The van der Waals surface area contributed by atoms with Crippen LogP contribution in [0, 0.1) is 0 Å². The van der Waals surface area contributed by atoms with Gasteiger partial charge in [-0.05, 0) is 63.0 Å². The number of hydrogen-bond acceptors (Lipinski definition) is 4. The predicted octanol–water partition coefficient (Wildman–Crippen LogP) is 3.86. The predicted molar refractivity (Wildman–Crippen MR) is 99.9 cm³/mol. The summed E-state index contributed by atoms with van der Waals surface area (Å²) in [6.45, 7) is 8.51. The van der Waals surface area contributed by atoms with E-state index in [1.807, 2.05) is 52.0 Å². The first kappa shape index (κ1) is 17.4. The first-order valence-corrected chi connectivity index (χ1v) is 8.42. The van der Waals surface area contributed by atoms with Crippen LogP contribution >= 0.6 is 11.6 Å². The Hall–Kier alpha value is -1.40. The Morgan fingerprint density at radius 1 is 1.17 bits per heavy atom. The van der Waals surface area contributed by atoms with Gasteiger partial charge in [0, 0.05) is 11.9 Å². The van der Waals surface area contributed by atoms with Gasteiger partial charge in [-0.1, -0.05) is 23.7 Å². The Kier molecular flexibility index (Phi) is 4.47. The second kappa shape index (κ2) is 6.15. The van der Waals surface area contributed by atoms with Gasteiger partial charge in [0.2, 0.25) is 0 Å². The maximum Gasteiger partial charge on any atom is 0.491 e. The van der Waals surface area contributed by atoms with Crippen LogP contribution in [0.25, 0.3) is 17.0 Å². The molecule has 1 aliphatic heterocycles. The van der Waals surface area contributed by atoms with Crippen molar-refractivity contribution in [1.29, 1.82) is 0 Å². The average molecular weight is 345 g/mol. The van der Waals surface area contributed by atoms with Crippen LogP contribution in [-0.4, -0.2) is 29.8 Å². The fourth-order valence-corrected chi connectivity index (χ4v) is 2.79. The molecule has 0 atom stereocenters. The summed E-state index contributed by atoms with van der Waals surface area (Å²) >= 11 is 5.93. The molecule has 4 nitrogen and oxygen atoms in total. The number of fused-ring (bicyclic) bond motifs is 1. The van der Waals surface area contributed by atoms with Crippen molar-refractivity contribution < 1.29 is 9.31 Å². The summed E-state index contributed by atoms with van der Waals surface area (Å²) < 4.78 is 12.2. The average Bonchev–Trinajstić information content (AvgIpc) is 2.73. The Morgan fingerprint density at radius 2 is 1.83 bits per heavy atom. The van der Waals surface area contributed by atoms with E-state index in [0.717, 1.165) is 21.9 Å². The number of pyridine rings is 1. The molecule has 3 rings (SSSR count). The van der Waals surface area contributed by atoms with Crippen LogP contribution in [0.15, 0.2) is 35.8 Å². The van der Waals surface area contributed by atoms with E-state index >= 15 is 0 Å². The summed E-state index contributed by atoms with van der Waals surface area (Å²) in [5.41, 5.74) is 8.00. The Labute approximate surface area is 148 Å². The minimum absolute atomic E-state index is 0.369. The molecule has 1 aliphatic rings. The van der Waals surface area contributed by atoms with Crippen LogP contribution in [0.3, 0.4) is 0 Å². The molecule has 0 saturated carbocycles. The molecule has 0 spiro atoms. The number of rotatable bonds is 3. The van der Waals surface area contributed by atoms with Crippen molar-refractivity contribution in [3.8, 4) is 0 Å². The normalized spacial score (nSPS) is 19.9. The lowest BCUT2D eigenvalue weighted by molar-refractivity contribution is 0.00578. The van der Waals surface area contributed by atoms with E-state index in [4.69, 9.17) is 26.6 Å². The fourth-order valence-electron chi connectivity index (χ4n) is 2.64. The number of hydrogen-bond donors (Lipinski definition) is 1. The molecule has 0 amide bonds. The molecule has 1 saturated heterocycles. The van der Waals surface area contributed by atoms with Crippen molar-refractivity contribution in [1.82, 2.24) is 4.98 Å². The lowest BCUT2D eigenvalue weighted by atomic mass is 9.77. The second-order valence-electron chi connectivity index (χ2n) is 7.10. The molecule has 0 unspecified atom stereocenters. The van der Waals surface area contributed by atoms with Gasteiger partial charge in [0.1, 0.15) is 5.15 Å². The maximum absolute atomic E-state index is 6.09. The molecule has 2 heterocycles. The highest BCUT2D eigenvalue weighted by Gasteiger charge is 2.52. The smallest absolute Gasteiger partial charge is 0.400 e. The van der Waals surface area contributed by atoms with Gasteiger partial charge in [-0.3, -0.25) is 0 Å². The molecule has 2 N–H and O–H groups in total. The van der Waals surface area contributed by atoms with Crippen molar-refractivity contribution in [2.24, 2.45) is 5.73 Å². The zero-order chi connectivity index (χ0) is 17.5. The number of nitrogens with two attached hydrogens (primary N) is 1. The van der Waals surface area contributed by atoms with Gasteiger partial charge in [0.15, 0.2) is 0 Å². The highest BCUT2D eigenvalue weighted by Crippen LogP contribution is 2.38. The number of halogens is 1. The highest BCUT2D eigenvalue weighted by atomic mass is 35.5. The lowest BCUT2D eigenvalue weighted by Crippen LogP contribution is -2.41. The molecule has 1 aromatic carbocycles. The molecule has 0 bridgehead atoms. The second-order valence-corrected chi connectivity index (χ2v) is 7.48. The Balaban J connectivity index is 1.92. The molecule has 2 aromatic rings. The summed E-state index contributed by atoms with van der Waals surface area (Å²) in [5, 5.41) is 1.52. The topological polar surface area (TPSA) is 57.4 Å². The fraction of sp³-hybridized carbons (Fsp3) is 0.389. The monoisotopic (exact) mass is 344 g/mol. The van der Waals surface area contributed by atoms with E-state index in [0.29, 0.717) is 11.7 Å². The number of nitrogens with zero attached hydrogens (tertiary/aromatic N) is 1. The first-order chi connectivity index (χ1) is 11.2. The molecule has 1 fully saturated rings.